The lowest BCUT2D eigenvalue weighted by molar-refractivity contribution is 0.188. The third-order valence-corrected chi connectivity index (χ3v) is 3.22. The Morgan fingerprint density at radius 2 is 1.77 bits per heavy atom. The zero-order valence-corrected chi connectivity index (χ0v) is 10.0. The fourth-order valence-corrected chi connectivity index (χ4v) is 1.99. The Morgan fingerprint density at radius 1 is 1.15 bits per heavy atom. The molecule has 2 nitrogen and oxygen atoms in total. The monoisotopic (exact) mass is 205 g/mol. The van der Waals surface area contributed by atoms with Crippen molar-refractivity contribution in [1.82, 2.24) is 5.32 Å². The van der Waals surface area contributed by atoms with E-state index in [9.17, 15) is 0 Å². The third-order valence-electron chi connectivity index (χ3n) is 1.58. The summed E-state index contributed by atoms with van der Waals surface area (Å²) in [5.74, 6) is 3.12. The molecule has 0 aromatic carbocycles. The smallest absolute Gasteiger partial charge is 0.0636 e. The van der Waals surface area contributed by atoms with Gasteiger partial charge in [-0.15, -0.1) is 0 Å². The summed E-state index contributed by atoms with van der Waals surface area (Å²) in [6.07, 6.45) is -0.238. The first kappa shape index (κ1) is 13.3. The molecule has 2 atom stereocenters. The number of aliphatic hydroxyl groups excluding tert-OH is 1. The van der Waals surface area contributed by atoms with Crippen molar-refractivity contribution in [2.45, 2.75) is 39.8 Å². The van der Waals surface area contributed by atoms with Crippen LogP contribution in [0.5, 0.6) is 0 Å². The topological polar surface area (TPSA) is 32.3 Å². The maximum atomic E-state index is 9.05. The number of thioether (sulfide) groups is 1. The first-order valence-corrected chi connectivity index (χ1v) is 6.17. The number of rotatable bonds is 7. The van der Waals surface area contributed by atoms with Crippen LogP contribution in [0.4, 0.5) is 0 Å². The average molecular weight is 205 g/mol. The first-order valence-electron chi connectivity index (χ1n) is 5.01. The molecule has 0 aliphatic heterocycles. The SMILES string of the molecule is CC(C)CSCC(C)NCC(C)O. The molecule has 3 heteroatoms. The van der Waals surface area contributed by atoms with Crippen LogP contribution in [0, 0.1) is 5.92 Å². The second-order valence-corrected chi connectivity index (χ2v) is 5.16. The van der Waals surface area contributed by atoms with Gasteiger partial charge in [-0.2, -0.15) is 11.8 Å². The van der Waals surface area contributed by atoms with E-state index < -0.39 is 0 Å². The Balaban J connectivity index is 3.25. The van der Waals surface area contributed by atoms with Crippen LogP contribution in [-0.4, -0.2) is 35.3 Å². The lowest BCUT2D eigenvalue weighted by Gasteiger charge is -2.15. The molecule has 13 heavy (non-hydrogen) atoms. The minimum absolute atomic E-state index is 0.238. The molecule has 0 heterocycles. The predicted octanol–water partition coefficient (Wildman–Crippen LogP) is 1.73. The maximum Gasteiger partial charge on any atom is 0.0636 e. The van der Waals surface area contributed by atoms with Crippen molar-refractivity contribution >= 4 is 11.8 Å². The highest BCUT2D eigenvalue weighted by Crippen LogP contribution is 2.08. The molecule has 2 unspecified atom stereocenters. The molecule has 0 fully saturated rings. The lowest BCUT2D eigenvalue weighted by atomic mass is 10.3. The summed E-state index contributed by atoms with van der Waals surface area (Å²) in [7, 11) is 0. The quantitative estimate of drug-likeness (QED) is 0.664. The van der Waals surface area contributed by atoms with Gasteiger partial charge in [-0.3, -0.25) is 0 Å². The molecule has 0 bridgehead atoms. The van der Waals surface area contributed by atoms with E-state index in [-0.39, 0.29) is 6.10 Å². The number of hydrogen-bond donors (Lipinski definition) is 2. The molecule has 0 rings (SSSR count). The minimum Gasteiger partial charge on any atom is -0.392 e. The second-order valence-electron chi connectivity index (χ2n) is 4.09. The summed E-state index contributed by atoms with van der Waals surface area (Å²) in [5, 5.41) is 12.3. The van der Waals surface area contributed by atoms with Crippen LogP contribution in [0.3, 0.4) is 0 Å². The predicted molar refractivity (Wildman–Crippen MR) is 61.3 cm³/mol. The zero-order chi connectivity index (χ0) is 10.3. The van der Waals surface area contributed by atoms with Crippen LogP contribution in [0.2, 0.25) is 0 Å². The molecule has 0 saturated carbocycles. The highest BCUT2D eigenvalue weighted by Gasteiger charge is 2.03. The molecule has 0 spiro atoms. The van der Waals surface area contributed by atoms with Crippen molar-refractivity contribution in [1.29, 1.82) is 0 Å². The van der Waals surface area contributed by atoms with Crippen molar-refractivity contribution in [2.75, 3.05) is 18.1 Å². The maximum absolute atomic E-state index is 9.05. The van der Waals surface area contributed by atoms with E-state index >= 15 is 0 Å². The molecular formula is C10H23NOS. The molecule has 0 amide bonds. The second kappa shape index (κ2) is 7.65. The summed E-state index contributed by atoms with van der Waals surface area (Å²) in [4.78, 5) is 0. The number of nitrogens with one attached hydrogen (secondary N) is 1. The summed E-state index contributed by atoms with van der Waals surface area (Å²) >= 11 is 1.98. The molecular weight excluding hydrogens is 182 g/mol. The molecule has 2 N–H and O–H groups in total. The Hall–Kier alpha value is 0.270. The molecule has 0 aromatic heterocycles. The molecule has 0 aromatic rings. The first-order chi connectivity index (χ1) is 6.02. The van der Waals surface area contributed by atoms with Crippen LogP contribution in [0.15, 0.2) is 0 Å². The Bertz CT molecular complexity index is 117. The summed E-state index contributed by atoms with van der Waals surface area (Å²) in [6, 6.07) is 0.498. The highest BCUT2D eigenvalue weighted by molar-refractivity contribution is 7.99. The van der Waals surface area contributed by atoms with Gasteiger partial charge < -0.3 is 10.4 Å². The van der Waals surface area contributed by atoms with Gasteiger partial charge in [0.2, 0.25) is 0 Å². The number of aliphatic hydroxyl groups is 1. The Morgan fingerprint density at radius 3 is 2.23 bits per heavy atom. The fraction of sp³-hybridized carbons (Fsp3) is 1.00. The van der Waals surface area contributed by atoms with Crippen LogP contribution in [0.25, 0.3) is 0 Å². The Kier molecular flexibility index (Phi) is 7.81. The van der Waals surface area contributed by atoms with Crippen molar-refractivity contribution < 1.29 is 5.11 Å². The van der Waals surface area contributed by atoms with Gasteiger partial charge in [0.1, 0.15) is 0 Å². The van der Waals surface area contributed by atoms with Crippen molar-refractivity contribution in [2.24, 2.45) is 5.92 Å². The van der Waals surface area contributed by atoms with Crippen LogP contribution < -0.4 is 5.32 Å². The normalized spacial score (nSPS) is 16.2. The van der Waals surface area contributed by atoms with Crippen molar-refractivity contribution in [3.05, 3.63) is 0 Å². The standard InChI is InChI=1S/C10H23NOS/c1-8(2)6-13-7-9(3)11-5-10(4)12/h8-12H,5-7H2,1-4H3. The van der Waals surface area contributed by atoms with Gasteiger partial charge in [-0.1, -0.05) is 13.8 Å². The van der Waals surface area contributed by atoms with Gasteiger partial charge in [0.15, 0.2) is 0 Å². The minimum atomic E-state index is -0.238. The summed E-state index contributed by atoms with van der Waals surface area (Å²) in [5.41, 5.74) is 0. The van der Waals surface area contributed by atoms with Gasteiger partial charge in [0.05, 0.1) is 6.10 Å². The van der Waals surface area contributed by atoms with Crippen LogP contribution in [-0.2, 0) is 0 Å². The third kappa shape index (κ3) is 10.2. The molecule has 0 aliphatic carbocycles. The van der Waals surface area contributed by atoms with E-state index in [1.165, 1.54) is 5.75 Å². The molecule has 0 aliphatic rings. The lowest BCUT2D eigenvalue weighted by Crippen LogP contribution is -2.34. The highest BCUT2D eigenvalue weighted by atomic mass is 32.2. The summed E-state index contributed by atoms with van der Waals surface area (Å²) in [6.45, 7) is 9.14. The van der Waals surface area contributed by atoms with Gasteiger partial charge in [-0.25, -0.2) is 0 Å². The van der Waals surface area contributed by atoms with Crippen LogP contribution >= 0.6 is 11.8 Å². The van der Waals surface area contributed by atoms with Crippen LogP contribution in [0.1, 0.15) is 27.7 Å². The molecule has 0 radical (unpaired) electrons. The average Bonchev–Trinajstić information content (AvgIpc) is 2.00. The van der Waals surface area contributed by atoms with E-state index in [1.807, 2.05) is 11.8 Å². The van der Waals surface area contributed by atoms with Gasteiger partial charge in [-0.05, 0) is 25.5 Å². The fourth-order valence-electron chi connectivity index (χ4n) is 0.911. The van der Waals surface area contributed by atoms with Crippen molar-refractivity contribution in [3.63, 3.8) is 0 Å². The molecule has 80 valence electrons. The van der Waals surface area contributed by atoms with Gasteiger partial charge in [0.25, 0.3) is 0 Å². The van der Waals surface area contributed by atoms with E-state index in [1.54, 1.807) is 6.92 Å². The molecule has 0 saturated heterocycles. The Labute approximate surface area is 86.5 Å². The van der Waals surface area contributed by atoms with E-state index in [0.29, 0.717) is 12.6 Å². The van der Waals surface area contributed by atoms with Gasteiger partial charge in [0, 0.05) is 18.3 Å². The van der Waals surface area contributed by atoms with Crippen molar-refractivity contribution in [3.8, 4) is 0 Å². The number of hydrogen-bond acceptors (Lipinski definition) is 3. The largest absolute Gasteiger partial charge is 0.392 e. The van der Waals surface area contributed by atoms with Gasteiger partial charge >= 0.3 is 0 Å². The van der Waals surface area contributed by atoms with E-state index in [2.05, 4.69) is 26.1 Å². The zero-order valence-electron chi connectivity index (χ0n) is 9.21. The summed E-state index contributed by atoms with van der Waals surface area (Å²) < 4.78 is 0. The van der Waals surface area contributed by atoms with E-state index in [0.717, 1.165) is 11.7 Å². The van der Waals surface area contributed by atoms with E-state index in [4.69, 9.17) is 5.11 Å².